The zero-order valence-corrected chi connectivity index (χ0v) is 18.9. The number of aromatic nitrogens is 2. The molecule has 13 heteroatoms. The lowest BCUT2D eigenvalue weighted by Gasteiger charge is -2.09. The predicted octanol–water partition coefficient (Wildman–Crippen LogP) is 4.56. The highest BCUT2D eigenvalue weighted by Gasteiger charge is 2.30. The van der Waals surface area contributed by atoms with E-state index in [0.29, 0.717) is 15.8 Å². The van der Waals surface area contributed by atoms with Crippen LogP contribution in [0, 0.1) is 0 Å². The number of hydrogen-bond acceptors (Lipinski definition) is 8. The molecule has 1 aromatic heterocycles. The summed E-state index contributed by atoms with van der Waals surface area (Å²) in [6, 6.07) is 9.08. The molecule has 0 spiro atoms. The molecule has 0 aliphatic carbocycles. The number of anilines is 2. The molecule has 3 rings (SSSR count). The second kappa shape index (κ2) is 10.5. The van der Waals surface area contributed by atoms with Gasteiger partial charge in [-0.1, -0.05) is 29.2 Å². The van der Waals surface area contributed by atoms with Gasteiger partial charge in [0.15, 0.2) is 4.34 Å². The van der Waals surface area contributed by atoms with E-state index in [0.717, 1.165) is 35.2 Å². The minimum absolute atomic E-state index is 0.0362. The summed E-state index contributed by atoms with van der Waals surface area (Å²) in [6.07, 6.45) is -4.50. The summed E-state index contributed by atoms with van der Waals surface area (Å²) in [5.74, 6) is -0.239. The summed E-state index contributed by atoms with van der Waals surface area (Å²) >= 11 is 2.08. The normalized spacial score (nSPS) is 11.1. The highest BCUT2D eigenvalue weighted by molar-refractivity contribution is 8.01. The molecule has 2 N–H and O–H groups in total. The number of rotatable bonds is 8. The van der Waals surface area contributed by atoms with Gasteiger partial charge in [0.25, 0.3) is 5.91 Å². The topological polar surface area (TPSA) is 102 Å². The molecule has 0 saturated heterocycles. The average molecular weight is 499 g/mol. The van der Waals surface area contributed by atoms with Crippen LogP contribution in [0.25, 0.3) is 0 Å². The van der Waals surface area contributed by atoms with E-state index in [1.54, 1.807) is 18.2 Å². The largest absolute Gasteiger partial charge is 0.497 e. The Balaban J connectivity index is 1.56. The predicted molar refractivity (Wildman–Crippen MR) is 118 cm³/mol. The van der Waals surface area contributed by atoms with Crippen LogP contribution < -0.4 is 20.1 Å². The number of nitrogens with zero attached hydrogens (tertiary/aromatic N) is 2. The molecule has 2 amide bonds. The Labute approximate surface area is 194 Å². The van der Waals surface area contributed by atoms with Crippen LogP contribution in [0.1, 0.15) is 15.9 Å². The van der Waals surface area contributed by atoms with Crippen molar-refractivity contribution in [2.45, 2.75) is 10.5 Å². The molecular weight excluding hydrogens is 481 g/mol. The molecule has 3 aromatic rings. The number of thioether (sulfide) groups is 1. The molecule has 2 aromatic carbocycles. The number of halogens is 3. The minimum Gasteiger partial charge on any atom is -0.497 e. The molecule has 174 valence electrons. The van der Waals surface area contributed by atoms with Gasteiger partial charge in [-0.2, -0.15) is 13.2 Å². The fourth-order valence-electron chi connectivity index (χ4n) is 2.57. The van der Waals surface area contributed by atoms with E-state index in [1.165, 1.54) is 26.4 Å². The number of benzene rings is 2. The van der Waals surface area contributed by atoms with E-state index in [-0.39, 0.29) is 22.1 Å². The van der Waals surface area contributed by atoms with Crippen LogP contribution >= 0.6 is 23.1 Å². The molecule has 0 saturated carbocycles. The van der Waals surface area contributed by atoms with Gasteiger partial charge in [0, 0.05) is 11.8 Å². The Morgan fingerprint density at radius 3 is 2.55 bits per heavy atom. The molecule has 0 aliphatic rings. The Morgan fingerprint density at radius 2 is 1.85 bits per heavy atom. The van der Waals surface area contributed by atoms with Crippen LogP contribution in [-0.2, 0) is 11.0 Å². The van der Waals surface area contributed by atoms with E-state index in [9.17, 15) is 22.8 Å². The molecule has 0 aliphatic heterocycles. The summed E-state index contributed by atoms with van der Waals surface area (Å²) in [5, 5.41) is 13.0. The van der Waals surface area contributed by atoms with Crippen LogP contribution in [0.3, 0.4) is 0 Å². The van der Waals surface area contributed by atoms with Gasteiger partial charge in [-0.25, -0.2) is 0 Å². The SMILES string of the molecule is COc1ccc(C(=O)Nc2nnc(SCC(=O)Nc3cccc(C(F)(F)F)c3)s2)c(OC)c1. The number of methoxy groups -OCH3 is 2. The maximum absolute atomic E-state index is 12.8. The summed E-state index contributed by atoms with van der Waals surface area (Å²) in [7, 11) is 2.92. The van der Waals surface area contributed by atoms with Crippen molar-refractivity contribution in [3.05, 3.63) is 53.6 Å². The first-order valence-corrected chi connectivity index (χ1v) is 11.0. The standard InChI is InChI=1S/C20H17F3N4O4S2/c1-30-13-6-7-14(15(9-13)31-2)17(29)25-18-26-27-19(33-18)32-10-16(28)24-12-5-3-4-11(8-12)20(21,22)23/h3-9H,10H2,1-2H3,(H,24,28)(H,25,26,29). The molecule has 33 heavy (non-hydrogen) atoms. The van der Waals surface area contributed by atoms with E-state index >= 15 is 0 Å². The minimum atomic E-state index is -4.50. The molecule has 0 unspecified atom stereocenters. The van der Waals surface area contributed by atoms with Crippen molar-refractivity contribution in [2.75, 3.05) is 30.6 Å². The number of carbonyl (C=O) groups excluding carboxylic acids is 2. The lowest BCUT2D eigenvalue weighted by molar-refractivity contribution is -0.137. The van der Waals surface area contributed by atoms with E-state index in [1.807, 2.05) is 0 Å². The summed E-state index contributed by atoms with van der Waals surface area (Å²) in [6.45, 7) is 0. The zero-order chi connectivity index (χ0) is 24.0. The van der Waals surface area contributed by atoms with Crippen molar-refractivity contribution < 1.29 is 32.2 Å². The van der Waals surface area contributed by atoms with Crippen molar-refractivity contribution in [3.63, 3.8) is 0 Å². The Morgan fingerprint density at radius 1 is 1.06 bits per heavy atom. The third-order valence-corrected chi connectivity index (χ3v) is 6.05. The van der Waals surface area contributed by atoms with Gasteiger partial charge in [0.1, 0.15) is 11.5 Å². The zero-order valence-electron chi connectivity index (χ0n) is 17.2. The molecule has 1 heterocycles. The first-order valence-electron chi connectivity index (χ1n) is 9.16. The summed E-state index contributed by atoms with van der Waals surface area (Å²) < 4.78 is 49.0. The van der Waals surface area contributed by atoms with Crippen LogP contribution in [-0.4, -0.2) is 42.0 Å². The highest BCUT2D eigenvalue weighted by Crippen LogP contribution is 2.31. The maximum atomic E-state index is 12.8. The Hall–Kier alpha value is -3.32. The number of amides is 2. The second-order valence-electron chi connectivity index (χ2n) is 6.31. The molecule has 0 bridgehead atoms. The Kier molecular flexibility index (Phi) is 7.76. The van der Waals surface area contributed by atoms with Gasteiger partial charge < -0.3 is 14.8 Å². The number of alkyl halides is 3. The first kappa shape index (κ1) is 24.3. The van der Waals surface area contributed by atoms with Crippen molar-refractivity contribution in [1.82, 2.24) is 10.2 Å². The number of hydrogen-bond donors (Lipinski definition) is 2. The molecular formula is C20H17F3N4O4S2. The van der Waals surface area contributed by atoms with Crippen molar-refractivity contribution in [2.24, 2.45) is 0 Å². The quantitative estimate of drug-likeness (QED) is 0.347. The van der Waals surface area contributed by atoms with Crippen molar-refractivity contribution in [3.8, 4) is 11.5 Å². The monoisotopic (exact) mass is 498 g/mol. The van der Waals surface area contributed by atoms with E-state index in [2.05, 4.69) is 20.8 Å². The lowest BCUT2D eigenvalue weighted by atomic mass is 10.2. The molecule has 8 nitrogen and oxygen atoms in total. The fraction of sp³-hybridized carbons (Fsp3) is 0.200. The number of ether oxygens (including phenoxy) is 2. The van der Waals surface area contributed by atoms with Gasteiger partial charge in [-0.05, 0) is 30.3 Å². The maximum Gasteiger partial charge on any atom is 0.416 e. The van der Waals surface area contributed by atoms with Gasteiger partial charge in [0.2, 0.25) is 11.0 Å². The third kappa shape index (κ3) is 6.58. The number of carbonyl (C=O) groups is 2. The van der Waals surface area contributed by atoms with Crippen molar-refractivity contribution in [1.29, 1.82) is 0 Å². The first-order chi connectivity index (χ1) is 15.7. The highest BCUT2D eigenvalue weighted by atomic mass is 32.2. The van der Waals surface area contributed by atoms with Gasteiger partial charge in [-0.15, -0.1) is 10.2 Å². The smallest absolute Gasteiger partial charge is 0.416 e. The van der Waals surface area contributed by atoms with Crippen LogP contribution in [0.15, 0.2) is 46.8 Å². The van der Waals surface area contributed by atoms with Crippen LogP contribution in [0.4, 0.5) is 24.0 Å². The number of nitrogens with one attached hydrogen (secondary N) is 2. The lowest BCUT2D eigenvalue weighted by Crippen LogP contribution is -2.15. The molecule has 0 radical (unpaired) electrons. The summed E-state index contributed by atoms with van der Waals surface area (Å²) in [4.78, 5) is 24.6. The van der Waals surface area contributed by atoms with Gasteiger partial charge in [-0.3, -0.25) is 14.9 Å². The van der Waals surface area contributed by atoms with Crippen LogP contribution in [0.5, 0.6) is 11.5 Å². The fourth-order valence-corrected chi connectivity index (χ4v) is 4.11. The van der Waals surface area contributed by atoms with E-state index in [4.69, 9.17) is 9.47 Å². The van der Waals surface area contributed by atoms with Gasteiger partial charge >= 0.3 is 6.18 Å². The second-order valence-corrected chi connectivity index (χ2v) is 8.51. The average Bonchev–Trinajstić information content (AvgIpc) is 3.24. The summed E-state index contributed by atoms with van der Waals surface area (Å²) in [5.41, 5.74) is -0.553. The molecule has 0 fully saturated rings. The van der Waals surface area contributed by atoms with Crippen LogP contribution in [0.2, 0.25) is 0 Å². The van der Waals surface area contributed by atoms with Gasteiger partial charge in [0.05, 0.1) is 31.1 Å². The Bertz CT molecular complexity index is 1150. The van der Waals surface area contributed by atoms with E-state index < -0.39 is 23.6 Å². The molecule has 0 atom stereocenters. The third-order valence-electron chi connectivity index (χ3n) is 4.08. The van der Waals surface area contributed by atoms with Crippen molar-refractivity contribution >= 4 is 45.7 Å².